The zero-order chi connectivity index (χ0) is 16.7. The molecule has 1 aromatic heterocycles. The fraction of sp³-hybridized carbons (Fsp3) is 0.133. The van der Waals surface area contributed by atoms with Gasteiger partial charge in [0.15, 0.2) is 0 Å². The highest BCUT2D eigenvalue weighted by Gasteiger charge is 2.20. The minimum absolute atomic E-state index is 0.0526. The minimum Gasteiger partial charge on any atom is -0.497 e. The Balaban J connectivity index is 2.60. The summed E-state index contributed by atoms with van der Waals surface area (Å²) in [6.45, 7) is 0. The van der Waals surface area contributed by atoms with Crippen molar-refractivity contribution in [3.8, 4) is 11.5 Å². The first-order chi connectivity index (χ1) is 11.0. The predicted octanol–water partition coefficient (Wildman–Crippen LogP) is 3.26. The van der Waals surface area contributed by atoms with Gasteiger partial charge in [-0.25, -0.2) is 0 Å². The van der Waals surface area contributed by atoms with Crippen LogP contribution in [0.25, 0.3) is 21.8 Å². The third kappa shape index (κ3) is 2.25. The van der Waals surface area contributed by atoms with Gasteiger partial charge in [-0.1, -0.05) is 11.6 Å². The minimum atomic E-state index is -0.572. The van der Waals surface area contributed by atoms with Crippen LogP contribution in [0.2, 0.25) is 5.02 Å². The highest BCUT2D eigenvalue weighted by molar-refractivity contribution is 6.36. The van der Waals surface area contributed by atoms with Crippen molar-refractivity contribution < 1.29 is 14.4 Å². The Kier molecular flexibility index (Phi) is 3.57. The number of hydrogen-bond acceptors (Lipinski definition) is 5. The molecular formula is C15H11ClN2O5. The van der Waals surface area contributed by atoms with Crippen molar-refractivity contribution in [2.75, 3.05) is 14.2 Å². The molecule has 23 heavy (non-hydrogen) atoms. The molecule has 0 unspecified atom stereocenters. The van der Waals surface area contributed by atoms with Gasteiger partial charge in [-0.15, -0.1) is 0 Å². The third-order valence-electron chi connectivity index (χ3n) is 3.57. The summed E-state index contributed by atoms with van der Waals surface area (Å²) in [5.74, 6) is 0.749. The van der Waals surface area contributed by atoms with E-state index in [1.54, 1.807) is 12.1 Å². The summed E-state index contributed by atoms with van der Waals surface area (Å²) in [5, 5.41) is 11.6. The van der Waals surface area contributed by atoms with Crippen molar-refractivity contribution >= 4 is 39.1 Å². The standard InChI is InChI=1S/C15H11ClN2O5/c1-22-7-5-9-13(11(6-7)23-2)15(19)12-8(16)3-4-10(18(20)21)14(12)17-9/h3-6H,1-2H3,(H,17,19). The molecule has 118 valence electrons. The van der Waals surface area contributed by atoms with Gasteiger partial charge in [0, 0.05) is 18.2 Å². The zero-order valence-corrected chi connectivity index (χ0v) is 12.9. The van der Waals surface area contributed by atoms with Gasteiger partial charge in [0.1, 0.15) is 17.0 Å². The maximum absolute atomic E-state index is 12.8. The summed E-state index contributed by atoms with van der Waals surface area (Å²) in [6.07, 6.45) is 0. The Morgan fingerprint density at radius 3 is 2.52 bits per heavy atom. The fourth-order valence-electron chi connectivity index (χ4n) is 2.53. The average Bonchev–Trinajstić information content (AvgIpc) is 2.53. The van der Waals surface area contributed by atoms with Gasteiger partial charge in [0.2, 0.25) is 5.43 Å². The molecule has 0 spiro atoms. The lowest BCUT2D eigenvalue weighted by molar-refractivity contribution is -0.383. The third-order valence-corrected chi connectivity index (χ3v) is 3.89. The fourth-order valence-corrected chi connectivity index (χ4v) is 2.77. The van der Waals surface area contributed by atoms with Crippen molar-refractivity contribution in [1.82, 2.24) is 4.98 Å². The summed E-state index contributed by atoms with van der Waals surface area (Å²) in [5.41, 5.74) is -0.244. The Morgan fingerprint density at radius 2 is 1.91 bits per heavy atom. The normalized spacial score (nSPS) is 10.9. The number of benzene rings is 2. The molecule has 0 amide bonds. The van der Waals surface area contributed by atoms with Gasteiger partial charge in [-0.3, -0.25) is 14.9 Å². The summed E-state index contributed by atoms with van der Waals surface area (Å²) in [6, 6.07) is 5.72. The number of aromatic nitrogens is 1. The number of aromatic amines is 1. The lowest BCUT2D eigenvalue weighted by Crippen LogP contribution is -2.08. The molecule has 0 fully saturated rings. The van der Waals surface area contributed by atoms with Crippen molar-refractivity contribution in [3.05, 3.63) is 49.6 Å². The first-order valence-electron chi connectivity index (χ1n) is 6.52. The topological polar surface area (TPSA) is 94.5 Å². The number of nitrogens with zero attached hydrogens (tertiary/aromatic N) is 1. The molecule has 0 bridgehead atoms. The first-order valence-corrected chi connectivity index (χ1v) is 6.90. The van der Waals surface area contributed by atoms with Crippen molar-refractivity contribution in [2.45, 2.75) is 0 Å². The summed E-state index contributed by atoms with van der Waals surface area (Å²) in [7, 11) is 2.89. The molecule has 0 aliphatic rings. The zero-order valence-electron chi connectivity index (χ0n) is 12.2. The van der Waals surface area contributed by atoms with E-state index in [2.05, 4.69) is 4.98 Å². The Morgan fingerprint density at radius 1 is 1.17 bits per heavy atom. The van der Waals surface area contributed by atoms with Gasteiger partial charge in [0.05, 0.1) is 40.5 Å². The number of halogens is 1. The van der Waals surface area contributed by atoms with Crippen LogP contribution >= 0.6 is 11.6 Å². The molecular weight excluding hydrogens is 324 g/mol. The van der Waals surface area contributed by atoms with E-state index in [0.717, 1.165) is 0 Å². The monoisotopic (exact) mass is 334 g/mol. The van der Waals surface area contributed by atoms with Crippen LogP contribution in [0.4, 0.5) is 5.69 Å². The molecule has 1 N–H and O–H groups in total. The number of fused-ring (bicyclic) bond motifs is 2. The number of H-pyrrole nitrogens is 1. The molecule has 3 rings (SSSR count). The van der Waals surface area contributed by atoms with E-state index in [9.17, 15) is 14.9 Å². The number of rotatable bonds is 3. The van der Waals surface area contributed by atoms with Crippen LogP contribution in [0.1, 0.15) is 0 Å². The van der Waals surface area contributed by atoms with Crippen LogP contribution in [0, 0.1) is 10.1 Å². The second kappa shape index (κ2) is 5.44. The van der Waals surface area contributed by atoms with Crippen molar-refractivity contribution in [1.29, 1.82) is 0 Å². The molecule has 2 aromatic carbocycles. The number of methoxy groups -OCH3 is 2. The number of non-ortho nitro benzene ring substituents is 1. The van der Waals surface area contributed by atoms with Gasteiger partial charge in [0.25, 0.3) is 5.69 Å². The van der Waals surface area contributed by atoms with E-state index in [1.165, 1.54) is 26.4 Å². The maximum atomic E-state index is 12.8. The number of nitro groups is 1. The summed E-state index contributed by atoms with van der Waals surface area (Å²) < 4.78 is 10.4. The van der Waals surface area contributed by atoms with E-state index in [-0.39, 0.29) is 27.0 Å². The van der Waals surface area contributed by atoms with E-state index in [1.807, 2.05) is 0 Å². The van der Waals surface area contributed by atoms with E-state index < -0.39 is 10.4 Å². The largest absolute Gasteiger partial charge is 0.497 e. The lowest BCUT2D eigenvalue weighted by atomic mass is 10.1. The molecule has 0 radical (unpaired) electrons. The number of pyridine rings is 1. The van der Waals surface area contributed by atoms with Crippen molar-refractivity contribution in [2.24, 2.45) is 0 Å². The SMILES string of the molecule is COc1cc(OC)c2c(=O)c3c(Cl)ccc([N+](=O)[O-])c3[nH]c2c1. The Hall–Kier alpha value is -2.80. The molecule has 3 aromatic rings. The van der Waals surface area contributed by atoms with Gasteiger partial charge >= 0.3 is 0 Å². The second-order valence-corrected chi connectivity index (χ2v) is 5.19. The lowest BCUT2D eigenvalue weighted by Gasteiger charge is -2.10. The first kappa shape index (κ1) is 15.1. The molecule has 7 nitrogen and oxygen atoms in total. The predicted molar refractivity (Wildman–Crippen MR) is 86.8 cm³/mol. The second-order valence-electron chi connectivity index (χ2n) is 4.78. The van der Waals surface area contributed by atoms with E-state index >= 15 is 0 Å². The summed E-state index contributed by atoms with van der Waals surface area (Å²) in [4.78, 5) is 26.4. The van der Waals surface area contributed by atoms with Gasteiger partial charge < -0.3 is 14.5 Å². The molecule has 0 aliphatic carbocycles. The smallest absolute Gasteiger partial charge is 0.293 e. The molecule has 0 atom stereocenters. The quantitative estimate of drug-likeness (QED) is 0.450. The number of ether oxygens (including phenoxy) is 2. The van der Waals surface area contributed by atoms with E-state index in [0.29, 0.717) is 17.0 Å². The molecule has 0 saturated carbocycles. The Bertz CT molecular complexity index is 1010. The van der Waals surface area contributed by atoms with Crippen LogP contribution < -0.4 is 14.9 Å². The van der Waals surface area contributed by atoms with Gasteiger partial charge in [-0.05, 0) is 6.07 Å². The van der Waals surface area contributed by atoms with E-state index in [4.69, 9.17) is 21.1 Å². The van der Waals surface area contributed by atoms with Crippen LogP contribution in [-0.4, -0.2) is 24.1 Å². The van der Waals surface area contributed by atoms with Crippen LogP contribution in [0.15, 0.2) is 29.1 Å². The van der Waals surface area contributed by atoms with Crippen LogP contribution in [0.5, 0.6) is 11.5 Å². The molecule has 8 heteroatoms. The van der Waals surface area contributed by atoms with Crippen LogP contribution in [0.3, 0.4) is 0 Å². The van der Waals surface area contributed by atoms with Gasteiger partial charge in [-0.2, -0.15) is 0 Å². The number of nitrogens with one attached hydrogen (secondary N) is 1. The Labute approximate surface area is 134 Å². The van der Waals surface area contributed by atoms with Crippen molar-refractivity contribution in [3.63, 3.8) is 0 Å². The molecule has 0 saturated heterocycles. The van der Waals surface area contributed by atoms with Crippen LogP contribution in [-0.2, 0) is 0 Å². The highest BCUT2D eigenvalue weighted by atomic mass is 35.5. The maximum Gasteiger partial charge on any atom is 0.293 e. The number of hydrogen-bond donors (Lipinski definition) is 1. The molecule has 0 aliphatic heterocycles. The number of nitro benzene ring substituents is 1. The molecule has 1 heterocycles. The highest BCUT2D eigenvalue weighted by Crippen LogP contribution is 2.33. The summed E-state index contributed by atoms with van der Waals surface area (Å²) >= 11 is 6.09. The average molecular weight is 335 g/mol.